The van der Waals surface area contributed by atoms with Gasteiger partial charge in [0.2, 0.25) is 5.91 Å². The van der Waals surface area contributed by atoms with E-state index in [2.05, 4.69) is 5.32 Å². The molecule has 0 saturated heterocycles. The summed E-state index contributed by atoms with van der Waals surface area (Å²) in [5, 5.41) is 4.31. The zero-order valence-corrected chi connectivity index (χ0v) is 14.3. The second-order valence-electron chi connectivity index (χ2n) is 4.54. The van der Waals surface area contributed by atoms with Gasteiger partial charge in [-0.2, -0.15) is 0 Å². The molecule has 2 aromatic rings. The van der Waals surface area contributed by atoms with Gasteiger partial charge in [-0.1, -0.05) is 35.3 Å². The van der Waals surface area contributed by atoms with Crippen LogP contribution in [0.15, 0.2) is 47.4 Å². The van der Waals surface area contributed by atoms with Crippen LogP contribution in [0.5, 0.6) is 0 Å². The summed E-state index contributed by atoms with van der Waals surface area (Å²) in [6, 6.07) is 12.7. The second kappa shape index (κ2) is 6.46. The van der Waals surface area contributed by atoms with Crippen LogP contribution in [-0.4, -0.2) is 16.8 Å². The number of carbonyl (C=O) groups is 1. The zero-order valence-electron chi connectivity index (χ0n) is 11.2. The molecule has 7 heteroatoms. The Kier molecular flexibility index (Phi) is 4.59. The molecule has 112 valence electrons. The average Bonchev–Trinajstić information content (AvgIpc) is 2.50. The second-order valence-corrected chi connectivity index (χ2v) is 6.79. The number of nitrogens with zero attached hydrogens (tertiary/aromatic N) is 1. The predicted molar refractivity (Wildman–Crippen MR) is 97.3 cm³/mol. The van der Waals surface area contributed by atoms with E-state index in [0.29, 0.717) is 21.5 Å². The summed E-state index contributed by atoms with van der Waals surface area (Å²) < 4.78 is 0. The molecule has 0 unspecified atom stereocenters. The third kappa shape index (κ3) is 3.08. The third-order valence-corrected chi connectivity index (χ3v) is 4.98. The van der Waals surface area contributed by atoms with Crippen LogP contribution >= 0.6 is 47.2 Å². The van der Waals surface area contributed by atoms with Crippen molar-refractivity contribution in [1.29, 1.82) is 0 Å². The van der Waals surface area contributed by atoms with Crippen molar-refractivity contribution in [2.24, 2.45) is 0 Å². The fourth-order valence-corrected chi connectivity index (χ4v) is 3.63. The van der Waals surface area contributed by atoms with Gasteiger partial charge in [0.1, 0.15) is 0 Å². The molecular weight excluding hydrogens is 359 g/mol. The number of rotatable bonds is 1. The normalized spacial score (nSPS) is 13.7. The predicted octanol–water partition coefficient (Wildman–Crippen LogP) is 4.83. The van der Waals surface area contributed by atoms with E-state index in [1.807, 2.05) is 24.3 Å². The number of carbonyl (C=O) groups excluding carboxylic acids is 1. The Bertz CT molecular complexity index is 767. The summed E-state index contributed by atoms with van der Waals surface area (Å²) in [6.07, 6.45) is 0. The maximum Gasteiger partial charge on any atom is 0.243 e. The van der Waals surface area contributed by atoms with Gasteiger partial charge in [-0.15, -0.1) is 11.8 Å². The standard InChI is InChI=1S/C15H10Cl2N2OS2/c16-9-5-6-10(17)11(7-9)18-15(21)19-12-3-1-2-4-13(12)22-8-14(19)20/h1-7H,8H2,(H,18,21). The summed E-state index contributed by atoms with van der Waals surface area (Å²) in [5.41, 5.74) is 1.35. The molecule has 0 spiro atoms. The molecule has 1 aliphatic heterocycles. The van der Waals surface area contributed by atoms with Gasteiger partial charge in [0.05, 0.1) is 22.2 Å². The molecule has 0 saturated carbocycles. The van der Waals surface area contributed by atoms with Crippen molar-refractivity contribution in [3.63, 3.8) is 0 Å². The summed E-state index contributed by atoms with van der Waals surface area (Å²) in [4.78, 5) is 14.8. The summed E-state index contributed by atoms with van der Waals surface area (Å²) in [5.74, 6) is 0.279. The number of nitrogens with one attached hydrogen (secondary N) is 1. The lowest BCUT2D eigenvalue weighted by Crippen LogP contribution is -2.43. The lowest BCUT2D eigenvalue weighted by Gasteiger charge is -2.29. The van der Waals surface area contributed by atoms with Crippen molar-refractivity contribution >= 4 is 69.6 Å². The van der Waals surface area contributed by atoms with E-state index in [9.17, 15) is 4.79 Å². The molecule has 1 heterocycles. The van der Waals surface area contributed by atoms with E-state index in [1.54, 1.807) is 18.2 Å². The minimum atomic E-state index is -0.0700. The van der Waals surface area contributed by atoms with Crippen molar-refractivity contribution in [1.82, 2.24) is 0 Å². The Labute approximate surface area is 147 Å². The average molecular weight is 369 g/mol. The van der Waals surface area contributed by atoms with Crippen LogP contribution < -0.4 is 10.2 Å². The topological polar surface area (TPSA) is 32.3 Å². The first kappa shape index (κ1) is 15.6. The highest BCUT2D eigenvalue weighted by Gasteiger charge is 2.27. The maximum atomic E-state index is 12.3. The fourth-order valence-electron chi connectivity index (χ4n) is 2.09. The smallest absolute Gasteiger partial charge is 0.243 e. The van der Waals surface area contributed by atoms with Crippen LogP contribution in [-0.2, 0) is 4.79 Å². The molecule has 1 amide bonds. The van der Waals surface area contributed by atoms with Gasteiger partial charge in [0, 0.05) is 9.92 Å². The lowest BCUT2D eigenvalue weighted by atomic mass is 10.3. The highest BCUT2D eigenvalue weighted by Crippen LogP contribution is 2.35. The number of thiocarbonyl (C=S) groups is 1. The summed E-state index contributed by atoms with van der Waals surface area (Å²) >= 11 is 19.0. The number of hydrogen-bond acceptors (Lipinski definition) is 3. The molecule has 3 rings (SSSR count). The van der Waals surface area contributed by atoms with Gasteiger partial charge in [-0.3, -0.25) is 9.69 Å². The molecule has 3 nitrogen and oxygen atoms in total. The molecular formula is C15H10Cl2N2OS2. The van der Waals surface area contributed by atoms with Gasteiger partial charge >= 0.3 is 0 Å². The van der Waals surface area contributed by atoms with Gasteiger partial charge in [-0.05, 0) is 42.5 Å². The first-order valence-corrected chi connectivity index (χ1v) is 8.52. The fraction of sp³-hybridized carbons (Fsp3) is 0.0667. The van der Waals surface area contributed by atoms with Gasteiger partial charge in [0.25, 0.3) is 0 Å². The van der Waals surface area contributed by atoms with Crippen molar-refractivity contribution in [2.75, 3.05) is 16.0 Å². The highest BCUT2D eigenvalue weighted by molar-refractivity contribution is 8.00. The van der Waals surface area contributed by atoms with Crippen LogP contribution in [0.3, 0.4) is 0 Å². The van der Waals surface area contributed by atoms with Crippen LogP contribution in [0, 0.1) is 0 Å². The number of amides is 1. The first-order valence-electron chi connectivity index (χ1n) is 6.37. The molecule has 1 aliphatic rings. The first-order chi connectivity index (χ1) is 10.6. The lowest BCUT2D eigenvalue weighted by molar-refractivity contribution is -0.115. The molecule has 0 aliphatic carbocycles. The monoisotopic (exact) mass is 368 g/mol. The molecule has 0 radical (unpaired) electrons. The zero-order chi connectivity index (χ0) is 15.7. The number of para-hydroxylation sites is 1. The number of thioether (sulfide) groups is 1. The van der Waals surface area contributed by atoms with E-state index in [-0.39, 0.29) is 11.0 Å². The Balaban J connectivity index is 1.92. The molecule has 0 bridgehead atoms. The van der Waals surface area contributed by atoms with Crippen molar-refractivity contribution in [3.8, 4) is 0 Å². The number of halogens is 2. The number of benzene rings is 2. The van der Waals surface area contributed by atoms with Gasteiger partial charge in [0.15, 0.2) is 5.11 Å². The minimum Gasteiger partial charge on any atom is -0.331 e. The summed E-state index contributed by atoms with van der Waals surface area (Å²) in [7, 11) is 0. The number of fused-ring (bicyclic) bond motifs is 1. The highest BCUT2D eigenvalue weighted by atomic mass is 35.5. The van der Waals surface area contributed by atoms with Crippen LogP contribution in [0.1, 0.15) is 0 Å². The Morgan fingerprint density at radius 1 is 1.23 bits per heavy atom. The SMILES string of the molecule is O=C1CSc2ccccc2N1C(=S)Nc1cc(Cl)ccc1Cl. The molecule has 22 heavy (non-hydrogen) atoms. The Hall–Kier alpha value is -1.27. The van der Waals surface area contributed by atoms with Crippen molar-refractivity contribution < 1.29 is 4.79 Å². The van der Waals surface area contributed by atoms with Crippen molar-refractivity contribution in [3.05, 3.63) is 52.5 Å². The van der Waals surface area contributed by atoms with E-state index >= 15 is 0 Å². The number of anilines is 2. The van der Waals surface area contributed by atoms with Gasteiger partial charge in [-0.25, -0.2) is 0 Å². The quantitative estimate of drug-likeness (QED) is 0.730. The van der Waals surface area contributed by atoms with E-state index in [0.717, 1.165) is 10.6 Å². The van der Waals surface area contributed by atoms with Crippen LogP contribution in [0.2, 0.25) is 10.0 Å². The largest absolute Gasteiger partial charge is 0.331 e. The van der Waals surface area contributed by atoms with Crippen molar-refractivity contribution in [2.45, 2.75) is 4.90 Å². The third-order valence-electron chi connectivity index (χ3n) is 3.08. The molecule has 2 aromatic carbocycles. The molecule has 0 fully saturated rings. The Morgan fingerprint density at radius 2 is 2.00 bits per heavy atom. The van der Waals surface area contributed by atoms with Crippen LogP contribution in [0.4, 0.5) is 11.4 Å². The summed E-state index contributed by atoms with van der Waals surface area (Å²) in [6.45, 7) is 0. The molecule has 1 N–H and O–H groups in total. The van der Waals surface area contributed by atoms with E-state index in [1.165, 1.54) is 16.7 Å². The number of hydrogen-bond donors (Lipinski definition) is 1. The molecule has 0 aromatic heterocycles. The van der Waals surface area contributed by atoms with Crippen LogP contribution in [0.25, 0.3) is 0 Å². The maximum absolute atomic E-state index is 12.3. The Morgan fingerprint density at radius 3 is 2.82 bits per heavy atom. The molecule has 0 atom stereocenters. The van der Waals surface area contributed by atoms with E-state index in [4.69, 9.17) is 35.4 Å². The van der Waals surface area contributed by atoms with E-state index < -0.39 is 0 Å². The minimum absolute atomic E-state index is 0.0700. The van der Waals surface area contributed by atoms with Gasteiger partial charge < -0.3 is 5.32 Å².